The third kappa shape index (κ3) is 4.11. The summed E-state index contributed by atoms with van der Waals surface area (Å²) in [6.45, 7) is 3.46. The summed E-state index contributed by atoms with van der Waals surface area (Å²) in [6.07, 6.45) is 2.15. The van der Waals surface area contributed by atoms with Crippen molar-refractivity contribution in [1.82, 2.24) is 9.88 Å². The highest BCUT2D eigenvalue weighted by atomic mass is 32.2. The molecule has 1 aromatic rings. The van der Waals surface area contributed by atoms with E-state index < -0.39 is 0 Å². The zero-order valence-corrected chi connectivity index (χ0v) is 11.8. The summed E-state index contributed by atoms with van der Waals surface area (Å²) >= 11 is 1.87. The summed E-state index contributed by atoms with van der Waals surface area (Å²) < 4.78 is 1.57. The maximum absolute atomic E-state index is 11.9. The third-order valence-electron chi connectivity index (χ3n) is 3.04. The molecule has 0 aromatic carbocycles. The molecule has 2 rings (SSSR count). The first kappa shape index (κ1) is 14.1. The Kier molecular flexibility index (Phi) is 5.04. The lowest BCUT2D eigenvalue weighted by atomic mass is 10.2. The fourth-order valence-corrected chi connectivity index (χ4v) is 2.99. The Labute approximate surface area is 116 Å². The number of nitrogens with zero attached hydrogens (tertiary/aromatic N) is 1. The molecule has 0 saturated carbocycles. The molecule has 0 spiro atoms. The van der Waals surface area contributed by atoms with E-state index in [0.29, 0.717) is 18.7 Å². The van der Waals surface area contributed by atoms with Crippen LogP contribution >= 0.6 is 11.8 Å². The van der Waals surface area contributed by atoms with Crippen molar-refractivity contribution in [3.8, 4) is 0 Å². The smallest absolute Gasteiger partial charge is 0.250 e. The topological polar surface area (TPSA) is 63.1 Å². The number of carbonyl (C=O) groups excluding carboxylic acids is 1. The van der Waals surface area contributed by atoms with E-state index in [1.54, 1.807) is 16.8 Å². The molecule has 1 aromatic heterocycles. The molecule has 1 fully saturated rings. The lowest BCUT2D eigenvalue weighted by Crippen LogP contribution is -2.40. The zero-order valence-electron chi connectivity index (χ0n) is 11.0. The van der Waals surface area contributed by atoms with Gasteiger partial charge in [-0.2, -0.15) is 11.8 Å². The number of hydrogen-bond acceptors (Lipinski definition) is 4. The molecule has 2 heterocycles. The van der Waals surface area contributed by atoms with E-state index in [1.165, 1.54) is 6.07 Å². The molecule has 0 aliphatic carbocycles. The van der Waals surface area contributed by atoms with Crippen LogP contribution in [0, 0.1) is 0 Å². The van der Waals surface area contributed by atoms with Crippen LogP contribution in [-0.2, 0) is 11.3 Å². The van der Waals surface area contributed by atoms with Crippen LogP contribution in [0.15, 0.2) is 23.1 Å². The number of nitrogens with one attached hydrogen (secondary N) is 2. The van der Waals surface area contributed by atoms with Gasteiger partial charge in [-0.25, -0.2) is 0 Å². The summed E-state index contributed by atoms with van der Waals surface area (Å²) in [6, 6.07) is 3.37. The van der Waals surface area contributed by atoms with Gasteiger partial charge in [0.15, 0.2) is 0 Å². The number of aromatic nitrogens is 1. The Morgan fingerprint density at radius 2 is 2.42 bits per heavy atom. The highest BCUT2D eigenvalue weighted by Gasteiger charge is 2.16. The summed E-state index contributed by atoms with van der Waals surface area (Å²) in [4.78, 5) is 23.4. The molecular formula is C13H19N3O2S. The number of thioether (sulfide) groups is 1. The van der Waals surface area contributed by atoms with Gasteiger partial charge in [-0.05, 0) is 13.0 Å². The van der Waals surface area contributed by atoms with Crippen molar-refractivity contribution in [3.05, 3.63) is 28.7 Å². The number of pyridine rings is 1. The van der Waals surface area contributed by atoms with Gasteiger partial charge in [0.25, 0.3) is 5.56 Å². The number of aryl methyl sites for hydroxylation is 1. The van der Waals surface area contributed by atoms with Crippen molar-refractivity contribution in [2.45, 2.75) is 25.9 Å². The van der Waals surface area contributed by atoms with Crippen LogP contribution < -0.4 is 16.2 Å². The second-order valence-electron chi connectivity index (χ2n) is 4.52. The number of carbonyl (C=O) groups is 1. The molecule has 5 nitrogen and oxygen atoms in total. The Balaban J connectivity index is 1.92. The van der Waals surface area contributed by atoms with Crippen molar-refractivity contribution < 1.29 is 4.79 Å². The Hall–Kier alpha value is -1.27. The summed E-state index contributed by atoms with van der Waals surface area (Å²) in [7, 11) is 0. The van der Waals surface area contributed by atoms with Crippen molar-refractivity contribution in [2.75, 3.05) is 23.4 Å². The normalized spacial score (nSPS) is 19.1. The van der Waals surface area contributed by atoms with Crippen LogP contribution in [0.25, 0.3) is 0 Å². The minimum absolute atomic E-state index is 0.0127. The van der Waals surface area contributed by atoms with Gasteiger partial charge in [0.05, 0.1) is 5.69 Å². The second-order valence-corrected chi connectivity index (χ2v) is 5.67. The lowest BCUT2D eigenvalue weighted by molar-refractivity contribution is -0.116. The first-order valence-electron chi connectivity index (χ1n) is 6.50. The number of hydrogen-bond donors (Lipinski definition) is 2. The molecule has 104 valence electrons. The monoisotopic (exact) mass is 281 g/mol. The van der Waals surface area contributed by atoms with Gasteiger partial charge in [-0.15, -0.1) is 0 Å². The number of rotatable bonds is 4. The highest BCUT2D eigenvalue weighted by molar-refractivity contribution is 7.99. The Morgan fingerprint density at radius 3 is 3.11 bits per heavy atom. The molecular weight excluding hydrogens is 262 g/mol. The van der Waals surface area contributed by atoms with Crippen LogP contribution in [0.4, 0.5) is 5.69 Å². The standard InChI is InChI=1S/C13H19N3O2S/c1-2-16-8-10(3-4-13(16)18)15-12(17)7-11-9-19-6-5-14-11/h3-4,8,11,14H,2,5-7,9H2,1H3,(H,15,17). The minimum atomic E-state index is -0.0501. The van der Waals surface area contributed by atoms with Crippen LogP contribution in [0.5, 0.6) is 0 Å². The molecule has 1 aliphatic heterocycles. The van der Waals surface area contributed by atoms with Crippen molar-refractivity contribution in [2.24, 2.45) is 0 Å². The maximum atomic E-state index is 11.9. The van der Waals surface area contributed by atoms with E-state index >= 15 is 0 Å². The molecule has 0 radical (unpaired) electrons. The van der Waals surface area contributed by atoms with E-state index in [2.05, 4.69) is 10.6 Å². The zero-order chi connectivity index (χ0) is 13.7. The van der Waals surface area contributed by atoms with E-state index in [9.17, 15) is 9.59 Å². The lowest BCUT2D eigenvalue weighted by Gasteiger charge is -2.22. The molecule has 0 bridgehead atoms. The first-order valence-corrected chi connectivity index (χ1v) is 7.66. The third-order valence-corrected chi connectivity index (χ3v) is 4.17. The maximum Gasteiger partial charge on any atom is 0.250 e. The molecule has 1 amide bonds. The molecule has 1 aliphatic rings. The highest BCUT2D eigenvalue weighted by Crippen LogP contribution is 2.11. The number of anilines is 1. The molecule has 6 heteroatoms. The number of amides is 1. The predicted octanol–water partition coefficient (Wildman–Crippen LogP) is 0.902. The minimum Gasteiger partial charge on any atom is -0.325 e. The van der Waals surface area contributed by atoms with E-state index in [-0.39, 0.29) is 17.5 Å². The van der Waals surface area contributed by atoms with Gasteiger partial charge >= 0.3 is 0 Å². The molecule has 1 saturated heterocycles. The van der Waals surface area contributed by atoms with E-state index in [1.807, 2.05) is 18.7 Å². The second kappa shape index (κ2) is 6.77. The van der Waals surface area contributed by atoms with Crippen molar-refractivity contribution >= 4 is 23.4 Å². The van der Waals surface area contributed by atoms with Crippen molar-refractivity contribution in [3.63, 3.8) is 0 Å². The van der Waals surface area contributed by atoms with Crippen LogP contribution in [-0.4, -0.2) is 34.6 Å². The van der Waals surface area contributed by atoms with Gasteiger partial charge in [0, 0.05) is 49.3 Å². The van der Waals surface area contributed by atoms with Gasteiger partial charge in [-0.1, -0.05) is 0 Å². The quantitative estimate of drug-likeness (QED) is 0.861. The molecule has 1 atom stereocenters. The van der Waals surface area contributed by atoms with E-state index in [0.717, 1.165) is 18.1 Å². The summed E-state index contributed by atoms with van der Waals surface area (Å²) in [5, 5.41) is 6.17. The molecule has 1 unspecified atom stereocenters. The van der Waals surface area contributed by atoms with Gasteiger partial charge in [0.2, 0.25) is 5.91 Å². The molecule has 19 heavy (non-hydrogen) atoms. The van der Waals surface area contributed by atoms with Crippen molar-refractivity contribution in [1.29, 1.82) is 0 Å². The first-order chi connectivity index (χ1) is 9.19. The fourth-order valence-electron chi connectivity index (χ4n) is 2.04. The van der Waals surface area contributed by atoms with Gasteiger partial charge < -0.3 is 15.2 Å². The predicted molar refractivity (Wildman–Crippen MR) is 78.7 cm³/mol. The average molecular weight is 281 g/mol. The van der Waals surface area contributed by atoms with Gasteiger partial charge in [0.1, 0.15) is 0 Å². The Bertz CT molecular complexity index is 495. The average Bonchev–Trinajstić information content (AvgIpc) is 2.42. The van der Waals surface area contributed by atoms with Gasteiger partial charge in [-0.3, -0.25) is 9.59 Å². The summed E-state index contributed by atoms with van der Waals surface area (Å²) in [5.41, 5.74) is 0.626. The van der Waals surface area contributed by atoms with Crippen LogP contribution in [0.2, 0.25) is 0 Å². The SMILES string of the molecule is CCn1cc(NC(=O)CC2CSCCN2)ccc1=O. The molecule has 2 N–H and O–H groups in total. The Morgan fingerprint density at radius 1 is 1.58 bits per heavy atom. The van der Waals surface area contributed by atoms with E-state index in [4.69, 9.17) is 0 Å². The fraction of sp³-hybridized carbons (Fsp3) is 0.538. The summed E-state index contributed by atoms with van der Waals surface area (Å²) in [5.74, 6) is 2.07. The van der Waals surface area contributed by atoms with Crippen LogP contribution in [0.1, 0.15) is 13.3 Å². The largest absolute Gasteiger partial charge is 0.325 e. The van der Waals surface area contributed by atoms with Crippen LogP contribution in [0.3, 0.4) is 0 Å².